The molecule has 0 aliphatic rings. The lowest BCUT2D eigenvalue weighted by atomic mass is 9.98. The molecule has 0 aliphatic heterocycles. The van der Waals surface area contributed by atoms with Gasteiger partial charge in [0.25, 0.3) is 0 Å². The van der Waals surface area contributed by atoms with Crippen LogP contribution in [0.1, 0.15) is 0 Å². The van der Waals surface area contributed by atoms with Crippen molar-refractivity contribution in [2.24, 2.45) is 0 Å². The van der Waals surface area contributed by atoms with Crippen molar-refractivity contribution in [1.82, 2.24) is 4.57 Å². The molecule has 0 radical (unpaired) electrons. The van der Waals surface area contributed by atoms with Crippen LogP contribution in [0.4, 0.5) is 17.1 Å². The fraction of sp³-hybridized carbons (Fsp3) is 0. The van der Waals surface area contributed by atoms with Crippen molar-refractivity contribution in [3.8, 4) is 39.1 Å². The SMILES string of the molecule is c1ccc(-c2ccc(-c3cccc(N(c4ccc(-c5cccc6c5c5ccccc5n6-c5ccc6ccccc6c5)cc4)c4ccc5ccccc5c4)c3)cc2)cc1. The van der Waals surface area contributed by atoms with Gasteiger partial charge in [-0.2, -0.15) is 0 Å². The quantitative estimate of drug-likeness (QED) is 0.158. The maximum atomic E-state index is 2.42. The Labute approximate surface area is 338 Å². The minimum Gasteiger partial charge on any atom is -0.310 e. The number of benzene rings is 10. The third-order valence-electron chi connectivity index (χ3n) is 11.5. The Morgan fingerprint density at radius 1 is 0.293 bits per heavy atom. The van der Waals surface area contributed by atoms with Crippen LogP contribution in [0, 0.1) is 0 Å². The summed E-state index contributed by atoms with van der Waals surface area (Å²) in [5.41, 5.74) is 14.1. The van der Waals surface area contributed by atoms with Crippen molar-refractivity contribution in [3.05, 3.63) is 231 Å². The number of aromatic nitrogens is 1. The Balaban J connectivity index is 1.02. The molecule has 10 aromatic carbocycles. The van der Waals surface area contributed by atoms with Crippen molar-refractivity contribution in [2.75, 3.05) is 4.90 Å². The molecule has 58 heavy (non-hydrogen) atoms. The fourth-order valence-electron chi connectivity index (χ4n) is 8.72. The molecule has 0 amide bonds. The first kappa shape index (κ1) is 33.6. The number of fused-ring (bicyclic) bond motifs is 5. The van der Waals surface area contributed by atoms with E-state index in [1.54, 1.807) is 0 Å². The Morgan fingerprint density at radius 3 is 1.60 bits per heavy atom. The molecule has 0 N–H and O–H groups in total. The second kappa shape index (κ2) is 14.1. The summed E-state index contributed by atoms with van der Waals surface area (Å²) in [5.74, 6) is 0. The van der Waals surface area contributed by atoms with Crippen LogP contribution in [0.2, 0.25) is 0 Å². The summed E-state index contributed by atoms with van der Waals surface area (Å²) in [6.07, 6.45) is 0. The molecule has 272 valence electrons. The lowest BCUT2D eigenvalue weighted by Crippen LogP contribution is -2.10. The van der Waals surface area contributed by atoms with Crippen molar-refractivity contribution in [2.45, 2.75) is 0 Å². The zero-order valence-corrected chi connectivity index (χ0v) is 31.8. The summed E-state index contributed by atoms with van der Waals surface area (Å²) in [7, 11) is 0. The number of para-hydroxylation sites is 1. The van der Waals surface area contributed by atoms with E-state index < -0.39 is 0 Å². The van der Waals surface area contributed by atoms with Gasteiger partial charge < -0.3 is 9.47 Å². The van der Waals surface area contributed by atoms with Gasteiger partial charge in [-0.05, 0) is 116 Å². The number of anilines is 3. The average molecular weight is 739 g/mol. The van der Waals surface area contributed by atoms with Crippen molar-refractivity contribution < 1.29 is 0 Å². The van der Waals surface area contributed by atoms with E-state index in [4.69, 9.17) is 0 Å². The second-order valence-electron chi connectivity index (χ2n) is 15.0. The summed E-state index contributed by atoms with van der Waals surface area (Å²) in [6.45, 7) is 0. The molecule has 0 saturated carbocycles. The van der Waals surface area contributed by atoms with Gasteiger partial charge in [0.05, 0.1) is 11.0 Å². The molecule has 1 aromatic heterocycles. The molecule has 0 unspecified atom stereocenters. The van der Waals surface area contributed by atoms with E-state index in [1.807, 2.05) is 0 Å². The third-order valence-corrected chi connectivity index (χ3v) is 11.5. The summed E-state index contributed by atoms with van der Waals surface area (Å²) in [4.78, 5) is 2.38. The molecule has 2 nitrogen and oxygen atoms in total. The van der Waals surface area contributed by atoms with Gasteiger partial charge in [0.1, 0.15) is 0 Å². The summed E-state index contributed by atoms with van der Waals surface area (Å²) in [6, 6.07) is 83.7. The van der Waals surface area contributed by atoms with E-state index >= 15 is 0 Å². The van der Waals surface area contributed by atoms with Crippen LogP contribution in [0.15, 0.2) is 231 Å². The molecular weight excluding hydrogens is 701 g/mol. The van der Waals surface area contributed by atoms with Gasteiger partial charge in [0, 0.05) is 33.5 Å². The van der Waals surface area contributed by atoms with Crippen molar-refractivity contribution in [1.29, 1.82) is 0 Å². The Hall–Kier alpha value is -7.68. The predicted molar refractivity (Wildman–Crippen MR) is 247 cm³/mol. The summed E-state index contributed by atoms with van der Waals surface area (Å²) >= 11 is 0. The topological polar surface area (TPSA) is 8.17 Å². The van der Waals surface area contributed by atoms with Gasteiger partial charge in [0.2, 0.25) is 0 Å². The first-order chi connectivity index (χ1) is 28.7. The van der Waals surface area contributed by atoms with Gasteiger partial charge >= 0.3 is 0 Å². The number of rotatable bonds is 7. The average Bonchev–Trinajstić information content (AvgIpc) is 3.64. The lowest BCUT2D eigenvalue weighted by molar-refractivity contribution is 1.19. The summed E-state index contributed by atoms with van der Waals surface area (Å²) in [5, 5.41) is 7.43. The van der Waals surface area contributed by atoms with Gasteiger partial charge in [-0.1, -0.05) is 170 Å². The maximum Gasteiger partial charge on any atom is 0.0547 e. The molecule has 0 aliphatic carbocycles. The molecular formula is C56H38N2. The largest absolute Gasteiger partial charge is 0.310 e. The fourth-order valence-corrected chi connectivity index (χ4v) is 8.72. The third kappa shape index (κ3) is 5.91. The number of hydrogen-bond donors (Lipinski definition) is 0. The molecule has 0 atom stereocenters. The highest BCUT2D eigenvalue weighted by Crippen LogP contribution is 2.42. The molecule has 0 saturated heterocycles. The zero-order chi connectivity index (χ0) is 38.4. The highest BCUT2D eigenvalue weighted by Gasteiger charge is 2.18. The minimum atomic E-state index is 1.10. The monoisotopic (exact) mass is 738 g/mol. The van der Waals surface area contributed by atoms with Gasteiger partial charge in [0.15, 0.2) is 0 Å². The smallest absolute Gasteiger partial charge is 0.0547 e. The molecule has 0 bridgehead atoms. The van der Waals surface area contributed by atoms with Crippen LogP contribution in [0.3, 0.4) is 0 Å². The molecule has 0 fully saturated rings. The van der Waals surface area contributed by atoms with E-state index in [1.165, 1.54) is 76.7 Å². The first-order valence-electron chi connectivity index (χ1n) is 19.9. The van der Waals surface area contributed by atoms with Crippen LogP contribution in [-0.4, -0.2) is 4.57 Å². The molecule has 11 rings (SSSR count). The van der Waals surface area contributed by atoms with Gasteiger partial charge in [-0.3, -0.25) is 0 Å². The van der Waals surface area contributed by atoms with Crippen LogP contribution in [0.25, 0.3) is 82.4 Å². The zero-order valence-electron chi connectivity index (χ0n) is 31.8. The Kier molecular flexibility index (Phi) is 8.19. The minimum absolute atomic E-state index is 1.10. The molecule has 2 heteroatoms. The maximum absolute atomic E-state index is 2.42. The number of nitrogens with zero attached hydrogens (tertiary/aromatic N) is 2. The highest BCUT2D eigenvalue weighted by atomic mass is 15.1. The van der Waals surface area contributed by atoms with Gasteiger partial charge in [-0.15, -0.1) is 0 Å². The van der Waals surface area contributed by atoms with E-state index in [2.05, 4.69) is 240 Å². The van der Waals surface area contributed by atoms with Crippen LogP contribution >= 0.6 is 0 Å². The molecule has 11 aromatic rings. The van der Waals surface area contributed by atoms with Crippen LogP contribution in [-0.2, 0) is 0 Å². The normalized spacial score (nSPS) is 11.4. The first-order valence-corrected chi connectivity index (χ1v) is 19.9. The van der Waals surface area contributed by atoms with E-state index in [9.17, 15) is 0 Å². The standard InChI is InChI=1S/C56H38N2/c1-2-12-39(13-3-1)42-24-26-43(27-25-42)47-18-10-19-49(36-47)57(50-34-28-40-14-4-6-16-45(40)37-50)48-32-30-44(31-33-48)52-21-11-23-55-56(52)53-20-8-9-22-54(53)58(55)51-35-29-41-15-5-7-17-46(41)38-51/h1-38H. The predicted octanol–water partition coefficient (Wildman–Crippen LogP) is 15.6. The Morgan fingerprint density at radius 2 is 0.828 bits per heavy atom. The number of hydrogen-bond acceptors (Lipinski definition) is 1. The van der Waals surface area contributed by atoms with Crippen molar-refractivity contribution in [3.63, 3.8) is 0 Å². The van der Waals surface area contributed by atoms with E-state index in [0.29, 0.717) is 0 Å². The van der Waals surface area contributed by atoms with Gasteiger partial charge in [-0.25, -0.2) is 0 Å². The Bertz CT molecular complexity index is 3270. The van der Waals surface area contributed by atoms with Crippen LogP contribution < -0.4 is 4.90 Å². The summed E-state index contributed by atoms with van der Waals surface area (Å²) < 4.78 is 2.42. The molecule has 1 heterocycles. The molecule has 0 spiro atoms. The highest BCUT2D eigenvalue weighted by molar-refractivity contribution is 6.16. The van der Waals surface area contributed by atoms with E-state index in [-0.39, 0.29) is 0 Å². The van der Waals surface area contributed by atoms with Crippen molar-refractivity contribution >= 4 is 60.4 Å². The van der Waals surface area contributed by atoms with E-state index in [0.717, 1.165) is 22.7 Å². The lowest BCUT2D eigenvalue weighted by Gasteiger charge is -2.26. The second-order valence-corrected chi connectivity index (χ2v) is 15.0. The van der Waals surface area contributed by atoms with Crippen LogP contribution in [0.5, 0.6) is 0 Å².